The van der Waals surface area contributed by atoms with Crippen LogP contribution in [-0.2, 0) is 11.2 Å². The first kappa shape index (κ1) is 16.2. The summed E-state index contributed by atoms with van der Waals surface area (Å²) in [6.45, 7) is 2.21. The Kier molecular flexibility index (Phi) is 4.08. The van der Waals surface area contributed by atoms with E-state index in [9.17, 15) is 9.59 Å². The molecule has 2 amide bonds. The van der Waals surface area contributed by atoms with Gasteiger partial charge in [0.15, 0.2) is 6.10 Å². The minimum Gasteiger partial charge on any atom is -0.479 e. The number of hydrogen-bond donors (Lipinski definition) is 3. The Morgan fingerprint density at radius 1 is 1.23 bits per heavy atom. The Labute approximate surface area is 150 Å². The summed E-state index contributed by atoms with van der Waals surface area (Å²) in [6, 6.07) is 13.1. The molecule has 0 saturated carbocycles. The number of carbonyl (C=O) groups is 2. The van der Waals surface area contributed by atoms with Gasteiger partial charge in [-0.1, -0.05) is 18.2 Å². The molecule has 0 spiro atoms. The van der Waals surface area contributed by atoms with Gasteiger partial charge in [-0.3, -0.25) is 9.59 Å². The zero-order chi connectivity index (χ0) is 18.1. The number of hydrogen-bond acceptors (Lipinski definition) is 3. The van der Waals surface area contributed by atoms with Crippen LogP contribution in [-0.4, -0.2) is 29.4 Å². The highest BCUT2D eigenvalue weighted by atomic mass is 16.5. The fraction of sp³-hybridized carbons (Fsp3) is 0.200. The molecular weight excluding hydrogens is 330 g/mol. The highest BCUT2D eigenvalue weighted by molar-refractivity contribution is 6.01. The van der Waals surface area contributed by atoms with Gasteiger partial charge in [-0.2, -0.15) is 0 Å². The van der Waals surface area contributed by atoms with Crippen molar-refractivity contribution in [3.63, 3.8) is 0 Å². The van der Waals surface area contributed by atoms with E-state index in [0.29, 0.717) is 23.5 Å². The highest BCUT2D eigenvalue weighted by Gasteiger charge is 2.24. The Morgan fingerprint density at radius 2 is 2.08 bits per heavy atom. The van der Waals surface area contributed by atoms with E-state index in [0.717, 1.165) is 11.9 Å². The molecule has 4 rings (SSSR count). The molecule has 1 aliphatic heterocycles. The van der Waals surface area contributed by atoms with Crippen LogP contribution >= 0.6 is 0 Å². The number of benzene rings is 2. The summed E-state index contributed by atoms with van der Waals surface area (Å²) in [5.41, 5.74) is 3.27. The van der Waals surface area contributed by atoms with Gasteiger partial charge in [-0.25, -0.2) is 0 Å². The summed E-state index contributed by atoms with van der Waals surface area (Å²) in [5.74, 6) is 0.183. The van der Waals surface area contributed by atoms with Crippen molar-refractivity contribution in [2.75, 3.05) is 11.9 Å². The molecule has 0 saturated heterocycles. The predicted molar refractivity (Wildman–Crippen MR) is 99.5 cm³/mol. The molecule has 3 N–H and O–H groups in total. The van der Waals surface area contributed by atoms with Crippen molar-refractivity contribution in [3.05, 3.63) is 59.8 Å². The summed E-state index contributed by atoms with van der Waals surface area (Å²) < 4.78 is 5.50. The van der Waals surface area contributed by atoms with E-state index in [1.165, 1.54) is 10.9 Å². The zero-order valence-electron chi connectivity index (χ0n) is 14.3. The number of aromatic nitrogens is 1. The summed E-state index contributed by atoms with van der Waals surface area (Å²) >= 11 is 0. The summed E-state index contributed by atoms with van der Waals surface area (Å²) in [5, 5.41) is 6.85. The molecule has 1 aliphatic rings. The Hall–Kier alpha value is -3.28. The number of para-hydroxylation sites is 1. The van der Waals surface area contributed by atoms with Gasteiger partial charge in [0.25, 0.3) is 11.8 Å². The van der Waals surface area contributed by atoms with Crippen molar-refractivity contribution < 1.29 is 14.3 Å². The van der Waals surface area contributed by atoms with Gasteiger partial charge in [0.05, 0.1) is 5.69 Å². The molecule has 6 nitrogen and oxygen atoms in total. The minimum absolute atomic E-state index is 0.180. The fourth-order valence-corrected chi connectivity index (χ4v) is 3.10. The van der Waals surface area contributed by atoms with Crippen LogP contribution < -0.4 is 15.4 Å². The molecule has 0 radical (unpaired) electrons. The van der Waals surface area contributed by atoms with Crippen molar-refractivity contribution in [1.29, 1.82) is 0 Å². The van der Waals surface area contributed by atoms with E-state index in [-0.39, 0.29) is 11.8 Å². The molecule has 1 aromatic heterocycles. The molecule has 0 aliphatic carbocycles. The molecule has 6 heteroatoms. The molecule has 0 bridgehead atoms. The van der Waals surface area contributed by atoms with Crippen LogP contribution in [0.1, 0.15) is 22.8 Å². The Bertz CT molecular complexity index is 993. The normalized spacial score (nSPS) is 15.9. The lowest BCUT2D eigenvalue weighted by Crippen LogP contribution is -2.34. The largest absolute Gasteiger partial charge is 0.479 e. The lowest BCUT2D eigenvalue weighted by atomic mass is 10.1. The first-order chi connectivity index (χ1) is 12.6. The average Bonchev–Trinajstić information content (AvgIpc) is 3.05. The van der Waals surface area contributed by atoms with Gasteiger partial charge < -0.3 is 20.4 Å². The van der Waals surface area contributed by atoms with Gasteiger partial charge in [-0.15, -0.1) is 0 Å². The average molecular weight is 349 g/mol. The fourth-order valence-electron chi connectivity index (χ4n) is 3.10. The van der Waals surface area contributed by atoms with E-state index < -0.39 is 6.10 Å². The summed E-state index contributed by atoms with van der Waals surface area (Å²) in [7, 11) is 0. The van der Waals surface area contributed by atoms with E-state index >= 15 is 0 Å². The molecule has 1 unspecified atom stereocenters. The number of ether oxygens (including phenoxy) is 1. The van der Waals surface area contributed by atoms with Crippen LogP contribution in [0.3, 0.4) is 0 Å². The number of aromatic amines is 1. The first-order valence-corrected chi connectivity index (χ1v) is 8.56. The number of fused-ring (bicyclic) bond motifs is 2. The van der Waals surface area contributed by atoms with E-state index in [2.05, 4.69) is 21.7 Å². The van der Waals surface area contributed by atoms with Crippen LogP contribution in [0.2, 0.25) is 0 Å². The van der Waals surface area contributed by atoms with Gasteiger partial charge in [0.2, 0.25) is 0 Å². The SMILES string of the molecule is CC1Oc2ccc(C(=O)NCCc3c[nH]c4ccccc34)cc2NC1=O. The second kappa shape index (κ2) is 6.55. The predicted octanol–water partition coefficient (Wildman–Crippen LogP) is 2.86. The zero-order valence-corrected chi connectivity index (χ0v) is 14.3. The third kappa shape index (κ3) is 3.01. The lowest BCUT2D eigenvalue weighted by Gasteiger charge is -2.23. The first-order valence-electron chi connectivity index (χ1n) is 8.56. The number of H-pyrrole nitrogens is 1. The second-order valence-electron chi connectivity index (χ2n) is 6.33. The Morgan fingerprint density at radius 3 is 2.96 bits per heavy atom. The van der Waals surface area contributed by atoms with E-state index in [1.54, 1.807) is 25.1 Å². The van der Waals surface area contributed by atoms with Crippen LogP contribution in [0, 0.1) is 0 Å². The maximum Gasteiger partial charge on any atom is 0.265 e. The third-order valence-electron chi connectivity index (χ3n) is 4.53. The Balaban J connectivity index is 1.41. The maximum absolute atomic E-state index is 12.4. The molecular formula is C20H19N3O3. The minimum atomic E-state index is -0.529. The number of amides is 2. The molecule has 2 aromatic carbocycles. The number of carbonyl (C=O) groups excluding carboxylic acids is 2. The number of nitrogens with one attached hydrogen (secondary N) is 3. The van der Waals surface area contributed by atoms with Crippen molar-refractivity contribution >= 4 is 28.4 Å². The van der Waals surface area contributed by atoms with E-state index in [4.69, 9.17) is 4.74 Å². The smallest absolute Gasteiger partial charge is 0.265 e. The van der Waals surface area contributed by atoms with Crippen LogP contribution in [0.5, 0.6) is 5.75 Å². The number of anilines is 1. The van der Waals surface area contributed by atoms with E-state index in [1.807, 2.05) is 24.4 Å². The molecule has 2 heterocycles. The van der Waals surface area contributed by atoms with Crippen LogP contribution in [0.15, 0.2) is 48.7 Å². The maximum atomic E-state index is 12.4. The molecule has 26 heavy (non-hydrogen) atoms. The second-order valence-corrected chi connectivity index (χ2v) is 6.33. The van der Waals surface area contributed by atoms with Gasteiger partial charge in [-0.05, 0) is 43.2 Å². The van der Waals surface area contributed by atoms with Crippen molar-refractivity contribution in [2.24, 2.45) is 0 Å². The van der Waals surface area contributed by atoms with Crippen LogP contribution in [0.4, 0.5) is 5.69 Å². The lowest BCUT2D eigenvalue weighted by molar-refractivity contribution is -0.122. The standard InChI is InChI=1S/C20H19N3O3/c1-12-19(24)23-17-10-13(6-7-18(17)26-12)20(25)21-9-8-14-11-22-16-5-3-2-4-15(14)16/h2-7,10-12,22H,8-9H2,1H3,(H,21,25)(H,23,24). The quantitative estimate of drug-likeness (QED) is 0.677. The third-order valence-corrected chi connectivity index (χ3v) is 4.53. The van der Waals surface area contributed by atoms with Gasteiger partial charge in [0, 0.05) is 29.2 Å². The van der Waals surface area contributed by atoms with Crippen molar-refractivity contribution in [2.45, 2.75) is 19.4 Å². The number of rotatable bonds is 4. The van der Waals surface area contributed by atoms with Crippen LogP contribution in [0.25, 0.3) is 10.9 Å². The summed E-state index contributed by atoms with van der Waals surface area (Å²) in [6.07, 6.45) is 2.18. The molecule has 132 valence electrons. The molecule has 0 fully saturated rings. The van der Waals surface area contributed by atoms with Crippen molar-refractivity contribution in [1.82, 2.24) is 10.3 Å². The molecule has 3 aromatic rings. The van der Waals surface area contributed by atoms with Crippen molar-refractivity contribution in [3.8, 4) is 5.75 Å². The monoisotopic (exact) mass is 349 g/mol. The van der Waals surface area contributed by atoms with Gasteiger partial charge >= 0.3 is 0 Å². The summed E-state index contributed by atoms with van der Waals surface area (Å²) in [4.78, 5) is 27.3. The highest BCUT2D eigenvalue weighted by Crippen LogP contribution is 2.30. The topological polar surface area (TPSA) is 83.2 Å². The molecule has 1 atom stereocenters. The van der Waals surface area contributed by atoms with Gasteiger partial charge in [0.1, 0.15) is 5.75 Å².